The van der Waals surface area contributed by atoms with Gasteiger partial charge in [0, 0.05) is 0 Å². The number of rotatable bonds is 2. The molecule has 1 unspecified atom stereocenters. The number of aryl methyl sites for hydroxylation is 1. The molecule has 0 saturated carbocycles. The van der Waals surface area contributed by atoms with E-state index in [0.29, 0.717) is 5.92 Å². The first-order valence-electron chi connectivity index (χ1n) is 4.53. The third-order valence-corrected chi connectivity index (χ3v) is 3.12. The average molecular weight is 195 g/mol. The van der Waals surface area contributed by atoms with E-state index in [1.165, 1.54) is 0 Å². The van der Waals surface area contributed by atoms with Crippen LogP contribution >= 0.6 is 11.3 Å². The first-order chi connectivity index (χ1) is 6.20. The summed E-state index contributed by atoms with van der Waals surface area (Å²) in [5, 5.41) is 5.39. The van der Waals surface area contributed by atoms with Gasteiger partial charge in [-0.2, -0.15) is 5.10 Å². The van der Waals surface area contributed by atoms with Crippen LogP contribution in [0.1, 0.15) is 36.9 Å². The van der Waals surface area contributed by atoms with E-state index in [4.69, 9.17) is 0 Å². The third-order valence-electron chi connectivity index (χ3n) is 2.28. The molecular formula is C9H13N3S. The molecule has 0 bridgehead atoms. The van der Waals surface area contributed by atoms with Gasteiger partial charge in [0.2, 0.25) is 4.96 Å². The van der Waals surface area contributed by atoms with E-state index in [-0.39, 0.29) is 0 Å². The quantitative estimate of drug-likeness (QED) is 0.737. The number of nitrogens with zero attached hydrogens (tertiary/aromatic N) is 3. The Morgan fingerprint density at radius 2 is 2.38 bits per heavy atom. The summed E-state index contributed by atoms with van der Waals surface area (Å²) in [6.07, 6.45) is 3.16. The Kier molecular flexibility index (Phi) is 2.07. The molecule has 0 aromatic carbocycles. The molecule has 2 aromatic rings. The largest absolute Gasteiger partial charge is 0.222 e. The predicted molar refractivity (Wildman–Crippen MR) is 54.3 cm³/mol. The Balaban J connectivity index is 2.45. The molecule has 0 radical (unpaired) electrons. The molecule has 70 valence electrons. The van der Waals surface area contributed by atoms with Crippen LogP contribution in [0.15, 0.2) is 6.20 Å². The van der Waals surface area contributed by atoms with E-state index in [9.17, 15) is 0 Å². The zero-order chi connectivity index (χ0) is 9.42. The van der Waals surface area contributed by atoms with E-state index in [1.54, 1.807) is 11.3 Å². The van der Waals surface area contributed by atoms with E-state index >= 15 is 0 Å². The van der Waals surface area contributed by atoms with Gasteiger partial charge >= 0.3 is 0 Å². The van der Waals surface area contributed by atoms with Gasteiger partial charge < -0.3 is 0 Å². The first kappa shape index (κ1) is 8.69. The van der Waals surface area contributed by atoms with Crippen LogP contribution in [0.4, 0.5) is 0 Å². The van der Waals surface area contributed by atoms with Gasteiger partial charge in [-0.05, 0) is 19.3 Å². The van der Waals surface area contributed by atoms with Crippen molar-refractivity contribution in [3.8, 4) is 0 Å². The summed E-state index contributed by atoms with van der Waals surface area (Å²) in [5.41, 5.74) is 1.15. The molecule has 2 aromatic heterocycles. The Labute approximate surface area is 81.4 Å². The van der Waals surface area contributed by atoms with Crippen molar-refractivity contribution < 1.29 is 0 Å². The molecule has 3 nitrogen and oxygen atoms in total. The lowest BCUT2D eigenvalue weighted by Crippen LogP contribution is -1.90. The fourth-order valence-electron chi connectivity index (χ4n) is 1.26. The normalized spacial score (nSPS) is 13.8. The van der Waals surface area contributed by atoms with E-state index in [2.05, 4.69) is 23.9 Å². The second-order valence-corrected chi connectivity index (χ2v) is 4.48. The smallest absolute Gasteiger partial charge is 0.212 e. The molecular weight excluding hydrogens is 182 g/mol. The second kappa shape index (κ2) is 3.10. The highest BCUT2D eigenvalue weighted by atomic mass is 32.1. The van der Waals surface area contributed by atoms with Gasteiger partial charge in [-0.3, -0.25) is 0 Å². The van der Waals surface area contributed by atoms with Crippen LogP contribution in [-0.4, -0.2) is 14.6 Å². The van der Waals surface area contributed by atoms with Gasteiger partial charge in [-0.15, -0.1) is 0 Å². The minimum atomic E-state index is 0.536. The van der Waals surface area contributed by atoms with Crippen molar-refractivity contribution in [2.45, 2.75) is 33.1 Å². The molecule has 4 heteroatoms. The summed E-state index contributed by atoms with van der Waals surface area (Å²) in [4.78, 5) is 5.53. The fraction of sp³-hybridized carbons (Fsp3) is 0.556. The number of fused-ring (bicyclic) bond motifs is 1. The summed E-state index contributed by atoms with van der Waals surface area (Å²) < 4.78 is 1.88. The Morgan fingerprint density at radius 3 is 3.00 bits per heavy atom. The lowest BCUT2D eigenvalue weighted by atomic mass is 10.1. The predicted octanol–water partition coefficient (Wildman–Crippen LogP) is 2.61. The van der Waals surface area contributed by atoms with Crippen molar-refractivity contribution >= 4 is 16.3 Å². The van der Waals surface area contributed by atoms with Crippen molar-refractivity contribution in [3.63, 3.8) is 0 Å². The Morgan fingerprint density at radius 1 is 1.62 bits per heavy atom. The van der Waals surface area contributed by atoms with E-state index in [0.717, 1.165) is 22.1 Å². The summed E-state index contributed by atoms with van der Waals surface area (Å²) in [5.74, 6) is 0.536. The molecule has 2 rings (SSSR count). The van der Waals surface area contributed by atoms with Crippen LogP contribution in [0.25, 0.3) is 4.96 Å². The summed E-state index contributed by atoms with van der Waals surface area (Å²) >= 11 is 1.64. The number of imidazole rings is 1. The van der Waals surface area contributed by atoms with Crippen LogP contribution in [0.5, 0.6) is 0 Å². The SMILES string of the molecule is CCC(C)c1cn2nc(C)sc2n1. The van der Waals surface area contributed by atoms with Gasteiger partial charge in [-0.1, -0.05) is 25.2 Å². The molecule has 0 spiro atoms. The highest BCUT2D eigenvalue weighted by Gasteiger charge is 2.10. The minimum absolute atomic E-state index is 0.536. The molecule has 2 heterocycles. The second-order valence-electron chi connectivity index (χ2n) is 3.32. The van der Waals surface area contributed by atoms with Crippen LogP contribution in [-0.2, 0) is 0 Å². The van der Waals surface area contributed by atoms with Crippen LogP contribution in [0.3, 0.4) is 0 Å². The van der Waals surface area contributed by atoms with Crippen LogP contribution < -0.4 is 0 Å². The zero-order valence-electron chi connectivity index (χ0n) is 8.11. The molecule has 0 saturated heterocycles. The summed E-state index contributed by atoms with van der Waals surface area (Å²) in [6.45, 7) is 6.37. The van der Waals surface area contributed by atoms with Crippen molar-refractivity contribution in [1.29, 1.82) is 0 Å². The average Bonchev–Trinajstić information content (AvgIpc) is 2.59. The maximum absolute atomic E-state index is 4.52. The highest BCUT2D eigenvalue weighted by Crippen LogP contribution is 2.20. The maximum Gasteiger partial charge on any atom is 0.212 e. The zero-order valence-corrected chi connectivity index (χ0v) is 8.93. The molecule has 0 amide bonds. The van der Waals surface area contributed by atoms with Crippen LogP contribution in [0, 0.1) is 6.92 Å². The van der Waals surface area contributed by atoms with E-state index < -0.39 is 0 Å². The van der Waals surface area contributed by atoms with Crippen molar-refractivity contribution in [2.75, 3.05) is 0 Å². The first-order valence-corrected chi connectivity index (χ1v) is 5.35. The van der Waals surface area contributed by atoms with Crippen molar-refractivity contribution in [1.82, 2.24) is 14.6 Å². The highest BCUT2D eigenvalue weighted by molar-refractivity contribution is 7.16. The van der Waals surface area contributed by atoms with Crippen LogP contribution in [0.2, 0.25) is 0 Å². The summed E-state index contributed by atoms with van der Waals surface area (Å²) in [6, 6.07) is 0. The van der Waals surface area contributed by atoms with E-state index in [1.807, 2.05) is 17.6 Å². The lowest BCUT2D eigenvalue weighted by molar-refractivity contribution is 0.712. The maximum atomic E-state index is 4.52. The standard InChI is InChI=1S/C9H13N3S/c1-4-6(2)8-5-12-9(10-8)13-7(3)11-12/h5-6H,4H2,1-3H3. The van der Waals surface area contributed by atoms with Gasteiger partial charge in [0.05, 0.1) is 11.9 Å². The molecule has 0 aliphatic rings. The topological polar surface area (TPSA) is 30.2 Å². The molecule has 0 aliphatic heterocycles. The number of hydrogen-bond acceptors (Lipinski definition) is 3. The van der Waals surface area contributed by atoms with Gasteiger partial charge in [0.1, 0.15) is 5.01 Å². The van der Waals surface area contributed by atoms with Gasteiger partial charge in [-0.25, -0.2) is 9.50 Å². The minimum Gasteiger partial charge on any atom is -0.222 e. The van der Waals surface area contributed by atoms with Gasteiger partial charge in [0.25, 0.3) is 0 Å². The van der Waals surface area contributed by atoms with Crippen molar-refractivity contribution in [3.05, 3.63) is 16.9 Å². The number of aromatic nitrogens is 3. The molecule has 0 fully saturated rings. The molecule has 1 atom stereocenters. The van der Waals surface area contributed by atoms with Gasteiger partial charge in [0.15, 0.2) is 0 Å². The lowest BCUT2D eigenvalue weighted by Gasteiger charge is -2.01. The Hall–Kier alpha value is -0.900. The molecule has 0 aliphatic carbocycles. The molecule has 13 heavy (non-hydrogen) atoms. The summed E-state index contributed by atoms with van der Waals surface area (Å²) in [7, 11) is 0. The monoisotopic (exact) mass is 195 g/mol. The Bertz CT molecular complexity index is 384. The molecule has 0 N–H and O–H groups in total. The third kappa shape index (κ3) is 1.46. The van der Waals surface area contributed by atoms with Crippen molar-refractivity contribution in [2.24, 2.45) is 0 Å². The number of hydrogen-bond donors (Lipinski definition) is 0. The fourth-order valence-corrected chi connectivity index (χ4v) is 1.99.